The number of fused-ring (bicyclic) bond motifs is 1. The quantitative estimate of drug-likeness (QED) is 0.715. The molecule has 4 saturated carbocycles. The lowest BCUT2D eigenvalue weighted by Gasteiger charge is -2.59. The summed E-state index contributed by atoms with van der Waals surface area (Å²) in [6, 6.07) is 10.1. The minimum Gasteiger partial charge on any atom is -0.352 e. The molecule has 4 bridgehead atoms. The molecule has 0 radical (unpaired) electrons. The highest BCUT2D eigenvalue weighted by Crippen LogP contribution is 2.61. The maximum atomic E-state index is 13.2. The van der Waals surface area contributed by atoms with Crippen LogP contribution in [0.25, 0.3) is 5.69 Å². The van der Waals surface area contributed by atoms with Crippen LogP contribution in [0.15, 0.2) is 35.4 Å². The topological polar surface area (TPSA) is 67.2 Å². The number of anilines is 1. The first-order valence-corrected chi connectivity index (χ1v) is 13.3. The molecule has 2 aromatic rings. The zero-order valence-corrected chi connectivity index (χ0v) is 20.2. The Balaban J connectivity index is 1.21. The van der Waals surface area contributed by atoms with Crippen LogP contribution in [0, 0.1) is 30.1 Å². The van der Waals surface area contributed by atoms with Gasteiger partial charge in [-0.2, -0.15) is 5.10 Å². The summed E-state index contributed by atoms with van der Waals surface area (Å²) in [7, 11) is 0. The summed E-state index contributed by atoms with van der Waals surface area (Å²) in [5.74, 6) is 2.79. The molecule has 1 aromatic carbocycles. The van der Waals surface area contributed by atoms with Gasteiger partial charge in [0.1, 0.15) is 11.6 Å². The fraction of sp³-hybridized carbons (Fsp3) is 0.577. The molecule has 5 aliphatic rings. The number of hydrogen-bond acceptors (Lipinski definition) is 4. The van der Waals surface area contributed by atoms with E-state index in [9.17, 15) is 9.59 Å². The van der Waals surface area contributed by atoms with Gasteiger partial charge in [0.2, 0.25) is 11.8 Å². The van der Waals surface area contributed by atoms with Gasteiger partial charge in [-0.3, -0.25) is 14.5 Å². The van der Waals surface area contributed by atoms with Crippen LogP contribution in [0.4, 0.5) is 5.69 Å². The molecule has 6 nitrogen and oxygen atoms in total. The third-order valence-electron chi connectivity index (χ3n) is 8.58. The Labute approximate surface area is 199 Å². The summed E-state index contributed by atoms with van der Waals surface area (Å²) in [6.07, 6.45) is 7.96. The fourth-order valence-corrected chi connectivity index (χ4v) is 8.55. The van der Waals surface area contributed by atoms with Gasteiger partial charge in [-0.1, -0.05) is 30.0 Å². The number of nitrogens with zero attached hydrogens (tertiary/aromatic N) is 3. The number of carbonyl (C=O) groups is 2. The van der Waals surface area contributed by atoms with E-state index in [1.54, 1.807) is 4.90 Å². The summed E-state index contributed by atoms with van der Waals surface area (Å²) in [5, 5.41) is 8.97. The smallest absolute Gasteiger partial charge is 0.240 e. The Bertz CT molecular complexity index is 1060. The molecule has 0 unspecified atom stereocenters. The van der Waals surface area contributed by atoms with Crippen LogP contribution in [-0.2, 0) is 9.59 Å². The molecule has 1 N–H and O–H groups in total. The lowest BCUT2D eigenvalue weighted by molar-refractivity contribution is -0.126. The average molecular weight is 465 g/mol. The fourth-order valence-electron chi connectivity index (χ4n) is 7.47. The van der Waals surface area contributed by atoms with E-state index in [0.717, 1.165) is 39.8 Å². The number of para-hydroxylation sites is 1. The van der Waals surface area contributed by atoms with E-state index in [1.165, 1.54) is 50.3 Å². The van der Waals surface area contributed by atoms with Crippen molar-refractivity contribution >= 4 is 29.3 Å². The number of amides is 2. The van der Waals surface area contributed by atoms with Crippen molar-refractivity contribution in [3.63, 3.8) is 0 Å². The zero-order valence-electron chi connectivity index (χ0n) is 19.4. The Kier molecular flexibility index (Phi) is 5.09. The summed E-state index contributed by atoms with van der Waals surface area (Å²) >= 11 is 1.50. The molecular formula is C26H32N4O2S. The first kappa shape index (κ1) is 21.3. The van der Waals surface area contributed by atoms with E-state index < -0.39 is 0 Å². The molecule has 4 aliphatic carbocycles. The van der Waals surface area contributed by atoms with Crippen molar-refractivity contribution in [2.24, 2.45) is 23.2 Å². The van der Waals surface area contributed by atoms with Gasteiger partial charge in [0, 0.05) is 6.04 Å². The predicted octanol–water partition coefficient (Wildman–Crippen LogP) is 4.34. The number of aromatic nitrogens is 2. The Morgan fingerprint density at radius 3 is 2.42 bits per heavy atom. The van der Waals surface area contributed by atoms with Gasteiger partial charge in [0.25, 0.3) is 0 Å². The molecule has 1 atom stereocenters. The first-order valence-electron chi connectivity index (χ1n) is 12.3. The van der Waals surface area contributed by atoms with Crippen LogP contribution < -0.4 is 10.2 Å². The molecule has 0 spiro atoms. The maximum Gasteiger partial charge on any atom is 0.240 e. The highest BCUT2D eigenvalue weighted by molar-refractivity contribution is 8.00. The van der Waals surface area contributed by atoms with Gasteiger partial charge in [0.05, 0.1) is 22.8 Å². The number of nitrogens with one attached hydrogen (secondary N) is 1. The number of carbonyl (C=O) groups excluding carboxylic acids is 2. The maximum absolute atomic E-state index is 13.2. The number of benzene rings is 1. The van der Waals surface area contributed by atoms with Gasteiger partial charge >= 0.3 is 0 Å². The standard InChI is InChI=1S/C26H32N4O2S/c1-16-24-25(30(28-16)21-6-4-3-5-7-21)33-15-23(32)29(24)14-22(31)27-17(2)26-11-18-8-19(12-26)10-20(9-18)13-26/h3-7,17-20H,8-15H2,1-2H3,(H,27,31)/t17-,18?,19?,20?,26?/m1/s1. The van der Waals surface area contributed by atoms with Crippen LogP contribution in [0.2, 0.25) is 0 Å². The molecule has 174 valence electrons. The van der Waals surface area contributed by atoms with Crippen LogP contribution in [0.5, 0.6) is 0 Å². The number of rotatable bonds is 5. The van der Waals surface area contributed by atoms with Crippen LogP contribution in [-0.4, -0.2) is 39.9 Å². The van der Waals surface area contributed by atoms with E-state index >= 15 is 0 Å². The first-order chi connectivity index (χ1) is 15.9. The number of aryl methyl sites for hydroxylation is 1. The normalized spacial score (nSPS) is 30.9. The van der Waals surface area contributed by atoms with Crippen molar-refractivity contribution in [2.75, 3.05) is 17.2 Å². The molecule has 1 aromatic heterocycles. The van der Waals surface area contributed by atoms with Crippen LogP contribution in [0.1, 0.15) is 51.1 Å². The second kappa shape index (κ2) is 7.90. The van der Waals surface area contributed by atoms with Crippen molar-refractivity contribution in [1.82, 2.24) is 15.1 Å². The van der Waals surface area contributed by atoms with Gasteiger partial charge < -0.3 is 5.32 Å². The lowest BCUT2D eigenvalue weighted by Crippen LogP contribution is -2.57. The molecule has 2 heterocycles. The summed E-state index contributed by atoms with van der Waals surface area (Å²) in [5.41, 5.74) is 2.77. The molecule has 2 amide bonds. The van der Waals surface area contributed by atoms with Crippen molar-refractivity contribution in [3.05, 3.63) is 36.0 Å². The second-order valence-corrected chi connectivity index (χ2v) is 11.8. The average Bonchev–Trinajstić information content (AvgIpc) is 3.12. The Morgan fingerprint density at radius 1 is 1.15 bits per heavy atom. The minimum atomic E-state index is -0.0590. The summed E-state index contributed by atoms with van der Waals surface area (Å²) in [4.78, 5) is 27.8. The number of thioether (sulfide) groups is 1. The third-order valence-corrected chi connectivity index (χ3v) is 9.61. The van der Waals surface area contributed by atoms with Gasteiger partial charge in [-0.15, -0.1) is 0 Å². The lowest BCUT2D eigenvalue weighted by atomic mass is 9.48. The van der Waals surface area contributed by atoms with Gasteiger partial charge in [0.15, 0.2) is 0 Å². The van der Waals surface area contributed by atoms with E-state index in [4.69, 9.17) is 5.10 Å². The van der Waals surface area contributed by atoms with E-state index in [0.29, 0.717) is 5.75 Å². The van der Waals surface area contributed by atoms with Gasteiger partial charge in [-0.25, -0.2) is 4.68 Å². The Morgan fingerprint density at radius 2 is 1.79 bits per heavy atom. The second-order valence-electron chi connectivity index (χ2n) is 10.8. The van der Waals surface area contributed by atoms with E-state index in [2.05, 4.69) is 12.2 Å². The van der Waals surface area contributed by atoms with Crippen molar-refractivity contribution < 1.29 is 9.59 Å². The Hall–Kier alpha value is -2.28. The van der Waals surface area contributed by atoms with E-state index in [1.807, 2.05) is 41.9 Å². The van der Waals surface area contributed by atoms with Crippen molar-refractivity contribution in [2.45, 2.75) is 63.4 Å². The molecule has 4 fully saturated rings. The van der Waals surface area contributed by atoms with Crippen molar-refractivity contribution in [3.8, 4) is 5.69 Å². The zero-order chi connectivity index (χ0) is 22.7. The largest absolute Gasteiger partial charge is 0.352 e. The van der Waals surface area contributed by atoms with Crippen molar-refractivity contribution in [1.29, 1.82) is 0 Å². The molecular weight excluding hydrogens is 432 g/mol. The molecule has 7 heteroatoms. The minimum absolute atomic E-state index is 0.0270. The molecule has 33 heavy (non-hydrogen) atoms. The van der Waals surface area contributed by atoms with E-state index in [-0.39, 0.29) is 29.8 Å². The highest BCUT2D eigenvalue weighted by Gasteiger charge is 2.53. The summed E-state index contributed by atoms with van der Waals surface area (Å²) < 4.78 is 1.89. The SMILES string of the molecule is Cc1nn(-c2ccccc2)c2c1N(CC(=O)N[C@H](C)C13CC4CC(CC(C4)C1)C3)C(=O)CS2. The van der Waals surface area contributed by atoms with Crippen LogP contribution >= 0.6 is 11.8 Å². The number of hydrogen-bond donors (Lipinski definition) is 1. The van der Waals surface area contributed by atoms with Gasteiger partial charge in [-0.05, 0) is 87.7 Å². The monoisotopic (exact) mass is 464 g/mol. The third kappa shape index (κ3) is 3.59. The van der Waals surface area contributed by atoms with Crippen LogP contribution in [0.3, 0.4) is 0 Å². The highest BCUT2D eigenvalue weighted by atomic mass is 32.2. The summed E-state index contributed by atoms with van der Waals surface area (Å²) in [6.45, 7) is 4.17. The molecule has 7 rings (SSSR count). The molecule has 0 saturated heterocycles. The molecule has 1 aliphatic heterocycles. The predicted molar refractivity (Wildman–Crippen MR) is 130 cm³/mol.